The number of hydrogen-bond acceptors (Lipinski definition) is 9. The zero-order chi connectivity index (χ0) is 27.2. The smallest absolute Gasteiger partial charge is 0.384 e. The van der Waals surface area contributed by atoms with Crippen LogP contribution in [0.15, 0.2) is 9.21 Å². The van der Waals surface area contributed by atoms with Gasteiger partial charge in [-0.05, 0) is 63.2 Å². The summed E-state index contributed by atoms with van der Waals surface area (Å²) in [5.74, 6) is 3.48. The van der Waals surface area contributed by atoms with Crippen LogP contribution in [0, 0.1) is 17.8 Å². The third-order valence-electron chi connectivity index (χ3n) is 10.00. The average Bonchev–Trinajstić information content (AvgIpc) is 3.52. The third-order valence-corrected chi connectivity index (χ3v) is 10.00. The van der Waals surface area contributed by atoms with E-state index in [0.717, 1.165) is 49.1 Å². The first-order valence-electron chi connectivity index (χ1n) is 15.5. The Morgan fingerprint density at radius 3 is 2.60 bits per heavy atom. The second kappa shape index (κ2) is 10.8. The van der Waals surface area contributed by atoms with Gasteiger partial charge in [0.05, 0.1) is 18.8 Å². The topological polar surface area (TPSA) is 127 Å². The van der Waals surface area contributed by atoms with E-state index in [-0.39, 0.29) is 23.9 Å². The molecule has 4 aliphatic rings. The number of imidazole rings is 1. The van der Waals surface area contributed by atoms with Crippen molar-refractivity contribution in [2.45, 2.75) is 109 Å². The molecule has 7 rings (SSSR count). The molecule has 0 bridgehead atoms. The second-order valence-corrected chi connectivity index (χ2v) is 12.7. The van der Waals surface area contributed by atoms with Gasteiger partial charge >= 0.3 is 5.76 Å². The van der Waals surface area contributed by atoms with Gasteiger partial charge in [-0.25, -0.2) is 19.9 Å². The first-order chi connectivity index (χ1) is 19.5. The Kier molecular flexibility index (Phi) is 7.01. The summed E-state index contributed by atoms with van der Waals surface area (Å²) in [7, 11) is 0. The highest BCUT2D eigenvalue weighted by Crippen LogP contribution is 2.39. The first-order valence-corrected chi connectivity index (χ1v) is 15.5. The molecule has 4 heterocycles. The molecule has 2 N–H and O–H groups in total. The SMILES string of the molecule is C[C@@H](Nc1nc(-c2n[nH]c(=O)o2)nc2nc(N3CCO[C@H]4CCCC[C@H]43)n(C[C@H]3CC[C@H](C)CC3)c12)C1CCC1. The number of morpholine rings is 1. The summed E-state index contributed by atoms with van der Waals surface area (Å²) < 4.78 is 13.9. The van der Waals surface area contributed by atoms with E-state index in [2.05, 4.69) is 38.8 Å². The van der Waals surface area contributed by atoms with Crippen molar-refractivity contribution in [2.24, 2.45) is 17.8 Å². The van der Waals surface area contributed by atoms with Crippen LogP contribution in [0.4, 0.5) is 11.8 Å². The number of nitrogens with zero attached hydrogens (tertiary/aromatic N) is 6. The van der Waals surface area contributed by atoms with Crippen molar-refractivity contribution in [3.05, 3.63) is 10.6 Å². The molecule has 3 aliphatic carbocycles. The molecule has 0 amide bonds. The maximum atomic E-state index is 11.8. The van der Waals surface area contributed by atoms with Crippen molar-refractivity contribution in [2.75, 3.05) is 23.4 Å². The molecule has 3 aromatic heterocycles. The summed E-state index contributed by atoms with van der Waals surface area (Å²) in [6.07, 6.45) is 13.7. The highest BCUT2D eigenvalue weighted by atomic mass is 16.5. The molecular weight excluding hydrogens is 508 g/mol. The van der Waals surface area contributed by atoms with Gasteiger partial charge in [0, 0.05) is 19.1 Å². The van der Waals surface area contributed by atoms with Crippen LogP contribution in [0.3, 0.4) is 0 Å². The van der Waals surface area contributed by atoms with E-state index in [1.807, 2.05) is 0 Å². The molecule has 3 saturated carbocycles. The normalized spacial score (nSPS) is 28.3. The summed E-state index contributed by atoms with van der Waals surface area (Å²) in [4.78, 5) is 29.3. The monoisotopic (exact) mass is 550 g/mol. The summed E-state index contributed by atoms with van der Waals surface area (Å²) in [6.45, 7) is 7.05. The third kappa shape index (κ3) is 4.90. The molecule has 40 heavy (non-hydrogen) atoms. The number of H-pyrrole nitrogens is 1. The first kappa shape index (κ1) is 26.0. The Morgan fingerprint density at radius 2 is 1.85 bits per heavy atom. The summed E-state index contributed by atoms with van der Waals surface area (Å²) in [5.41, 5.74) is 1.57. The van der Waals surface area contributed by atoms with Crippen LogP contribution < -0.4 is 16.0 Å². The summed E-state index contributed by atoms with van der Waals surface area (Å²) >= 11 is 0. The molecule has 1 aliphatic heterocycles. The fraction of sp³-hybridized carbons (Fsp3) is 0.759. The zero-order valence-electron chi connectivity index (χ0n) is 23.8. The van der Waals surface area contributed by atoms with E-state index in [0.29, 0.717) is 30.1 Å². The predicted molar refractivity (Wildman–Crippen MR) is 152 cm³/mol. The Balaban J connectivity index is 1.36. The lowest BCUT2D eigenvalue weighted by Crippen LogP contribution is -2.53. The second-order valence-electron chi connectivity index (χ2n) is 12.7. The molecule has 3 atom stereocenters. The minimum atomic E-state index is -0.620. The highest BCUT2D eigenvalue weighted by Gasteiger charge is 2.38. The number of aromatic nitrogens is 6. The van der Waals surface area contributed by atoms with Crippen molar-refractivity contribution < 1.29 is 9.15 Å². The Hall–Kier alpha value is -2.95. The average molecular weight is 551 g/mol. The largest absolute Gasteiger partial charge is 0.434 e. The predicted octanol–water partition coefficient (Wildman–Crippen LogP) is 4.74. The number of aromatic amines is 1. The molecule has 216 valence electrons. The standard InChI is InChI=1S/C29H42N8O3/c1-17-10-12-19(13-11-17)16-37-23-24(30-18(2)20-6-5-7-20)31-26(27-34-35-29(38)40-27)32-25(23)33-28(37)36-14-15-39-22-9-4-3-8-21(22)36/h17-22H,3-16H2,1-2H3,(H,35,38)(H,30,31,32)/t17-,18-,19-,21-,22+/m1/s1. The lowest BCUT2D eigenvalue weighted by Gasteiger charge is -2.44. The van der Waals surface area contributed by atoms with Crippen molar-refractivity contribution >= 4 is 22.9 Å². The maximum absolute atomic E-state index is 11.8. The number of fused-ring (bicyclic) bond motifs is 2. The fourth-order valence-corrected chi connectivity index (χ4v) is 7.33. The van der Waals surface area contributed by atoms with Crippen LogP contribution in [0.2, 0.25) is 0 Å². The van der Waals surface area contributed by atoms with Gasteiger partial charge in [-0.2, -0.15) is 4.98 Å². The molecular formula is C29H42N8O3. The Morgan fingerprint density at radius 1 is 1.02 bits per heavy atom. The van der Waals surface area contributed by atoms with Crippen LogP contribution >= 0.6 is 0 Å². The van der Waals surface area contributed by atoms with Crippen LogP contribution in [0.1, 0.15) is 84.5 Å². The van der Waals surface area contributed by atoms with Gasteiger partial charge in [-0.1, -0.05) is 39.0 Å². The van der Waals surface area contributed by atoms with Crippen LogP contribution in [-0.2, 0) is 11.3 Å². The highest BCUT2D eigenvalue weighted by molar-refractivity contribution is 5.87. The van der Waals surface area contributed by atoms with Crippen LogP contribution in [0.5, 0.6) is 0 Å². The quantitative estimate of drug-likeness (QED) is 0.429. The van der Waals surface area contributed by atoms with Gasteiger partial charge in [0.1, 0.15) is 5.52 Å². The van der Waals surface area contributed by atoms with E-state index in [1.54, 1.807) is 0 Å². The lowest BCUT2D eigenvalue weighted by atomic mass is 9.80. The molecule has 4 fully saturated rings. The van der Waals surface area contributed by atoms with E-state index in [1.165, 1.54) is 57.8 Å². The van der Waals surface area contributed by atoms with Crippen molar-refractivity contribution in [3.63, 3.8) is 0 Å². The molecule has 0 aromatic carbocycles. The lowest BCUT2D eigenvalue weighted by molar-refractivity contribution is -0.00958. The number of anilines is 2. The van der Waals surface area contributed by atoms with Crippen LogP contribution in [0.25, 0.3) is 22.9 Å². The fourth-order valence-electron chi connectivity index (χ4n) is 7.33. The van der Waals surface area contributed by atoms with Gasteiger partial charge in [0.25, 0.3) is 5.89 Å². The Labute approximate surface area is 234 Å². The molecule has 11 nitrogen and oxygen atoms in total. The Bertz CT molecular complexity index is 1380. The van der Waals surface area contributed by atoms with Gasteiger partial charge in [0.2, 0.25) is 11.8 Å². The molecule has 0 spiro atoms. The number of nitrogens with one attached hydrogen (secondary N) is 2. The van der Waals surface area contributed by atoms with Gasteiger partial charge in [-0.15, -0.1) is 5.10 Å². The molecule has 0 radical (unpaired) electrons. The minimum absolute atomic E-state index is 0.0855. The molecule has 0 unspecified atom stereocenters. The van der Waals surface area contributed by atoms with E-state index >= 15 is 0 Å². The summed E-state index contributed by atoms with van der Waals surface area (Å²) in [6, 6.07) is 0.589. The van der Waals surface area contributed by atoms with Crippen molar-refractivity contribution in [1.82, 2.24) is 29.7 Å². The molecule has 11 heteroatoms. The van der Waals surface area contributed by atoms with Crippen molar-refractivity contribution in [1.29, 1.82) is 0 Å². The number of ether oxygens (including phenoxy) is 1. The van der Waals surface area contributed by atoms with E-state index < -0.39 is 5.76 Å². The maximum Gasteiger partial charge on any atom is 0.434 e. The van der Waals surface area contributed by atoms with Gasteiger partial charge in [0.15, 0.2) is 11.5 Å². The van der Waals surface area contributed by atoms with E-state index in [9.17, 15) is 4.79 Å². The van der Waals surface area contributed by atoms with Crippen molar-refractivity contribution in [3.8, 4) is 11.7 Å². The molecule has 3 aromatic rings. The summed E-state index contributed by atoms with van der Waals surface area (Å²) in [5, 5.41) is 10.1. The minimum Gasteiger partial charge on any atom is -0.384 e. The van der Waals surface area contributed by atoms with Crippen LogP contribution in [-0.4, -0.2) is 61.1 Å². The number of hydrogen-bond donors (Lipinski definition) is 2. The van der Waals surface area contributed by atoms with Gasteiger partial charge < -0.3 is 23.9 Å². The number of rotatable bonds is 7. The zero-order valence-corrected chi connectivity index (χ0v) is 23.8. The molecule has 1 saturated heterocycles. The van der Waals surface area contributed by atoms with E-state index in [4.69, 9.17) is 24.1 Å². The van der Waals surface area contributed by atoms with Gasteiger partial charge in [-0.3, -0.25) is 0 Å².